The van der Waals surface area contributed by atoms with Crippen molar-refractivity contribution in [2.45, 2.75) is 31.5 Å². The molecule has 1 saturated carbocycles. The Morgan fingerprint density at radius 3 is 2.92 bits per heavy atom. The first-order chi connectivity index (χ1) is 6.38. The fourth-order valence-corrected chi connectivity index (χ4v) is 3.02. The van der Waals surface area contributed by atoms with E-state index in [2.05, 4.69) is 12.2 Å². The molecule has 2 nitrogen and oxygen atoms in total. The van der Waals surface area contributed by atoms with Gasteiger partial charge in [-0.1, -0.05) is 12.2 Å². The van der Waals surface area contributed by atoms with E-state index in [9.17, 15) is 4.79 Å². The Hall–Kier alpha value is -0.630. The van der Waals surface area contributed by atoms with Gasteiger partial charge in [-0.05, 0) is 30.6 Å². The van der Waals surface area contributed by atoms with Crippen molar-refractivity contribution in [2.75, 3.05) is 0 Å². The van der Waals surface area contributed by atoms with Gasteiger partial charge in [-0.2, -0.15) is 0 Å². The number of hydrogen-bond donors (Lipinski definition) is 0. The summed E-state index contributed by atoms with van der Waals surface area (Å²) in [6, 6.07) is 0. The average molecular weight is 178 g/mol. The van der Waals surface area contributed by atoms with Crippen LogP contribution in [0.15, 0.2) is 12.2 Å². The van der Waals surface area contributed by atoms with Crippen LogP contribution in [0.5, 0.6) is 0 Å². The van der Waals surface area contributed by atoms with Gasteiger partial charge < -0.3 is 9.53 Å². The summed E-state index contributed by atoms with van der Waals surface area (Å²) in [6.45, 7) is 0. The van der Waals surface area contributed by atoms with E-state index in [1.165, 1.54) is 12.8 Å². The Labute approximate surface area is 78.0 Å². The zero-order valence-electron chi connectivity index (χ0n) is 7.56. The summed E-state index contributed by atoms with van der Waals surface area (Å²) in [5.41, 5.74) is 0. The van der Waals surface area contributed by atoms with Gasteiger partial charge in [0.1, 0.15) is 6.29 Å². The summed E-state index contributed by atoms with van der Waals surface area (Å²) in [7, 11) is 0. The molecule has 0 aromatic rings. The van der Waals surface area contributed by atoms with Crippen LogP contribution in [0.2, 0.25) is 0 Å². The van der Waals surface area contributed by atoms with Gasteiger partial charge in [0.05, 0.1) is 12.2 Å². The number of rotatable bonds is 3. The van der Waals surface area contributed by atoms with Crippen LogP contribution in [0, 0.1) is 17.8 Å². The first kappa shape index (κ1) is 7.74. The third-order valence-corrected chi connectivity index (χ3v) is 3.70. The molecule has 3 aliphatic rings. The second kappa shape index (κ2) is 2.68. The maximum Gasteiger partial charge on any atom is 0.122 e. The van der Waals surface area contributed by atoms with E-state index >= 15 is 0 Å². The van der Waals surface area contributed by atoms with Gasteiger partial charge in [-0.25, -0.2) is 0 Å². The first-order valence-electron chi connectivity index (χ1n) is 5.16. The Kier molecular flexibility index (Phi) is 1.59. The maximum atomic E-state index is 10.3. The minimum absolute atomic E-state index is 0.259. The summed E-state index contributed by atoms with van der Waals surface area (Å²) in [6.07, 6.45) is 9.56. The molecule has 0 aromatic carbocycles. The van der Waals surface area contributed by atoms with Crippen LogP contribution < -0.4 is 0 Å². The summed E-state index contributed by atoms with van der Waals surface area (Å²) < 4.78 is 5.53. The number of ether oxygens (including phenoxy) is 1. The largest absolute Gasteiger partial charge is 0.369 e. The zero-order chi connectivity index (χ0) is 8.84. The number of aldehydes is 1. The number of epoxide rings is 1. The molecule has 0 aromatic heterocycles. The van der Waals surface area contributed by atoms with E-state index in [0.717, 1.165) is 24.0 Å². The SMILES string of the molecule is O=CCC1OC1C1CC2C=CC1C2. The predicted octanol–water partition coefficient (Wildman–Crippen LogP) is 1.55. The number of carbonyl (C=O) groups is 1. The molecule has 70 valence electrons. The average Bonchev–Trinajstić information content (AvgIpc) is 2.62. The Morgan fingerprint density at radius 2 is 2.31 bits per heavy atom. The minimum atomic E-state index is 0.259. The third-order valence-electron chi connectivity index (χ3n) is 3.70. The lowest BCUT2D eigenvalue weighted by atomic mass is 9.89. The van der Waals surface area contributed by atoms with E-state index in [0.29, 0.717) is 12.5 Å². The lowest BCUT2D eigenvalue weighted by Gasteiger charge is -2.14. The predicted molar refractivity (Wildman–Crippen MR) is 48.2 cm³/mol. The second-order valence-corrected chi connectivity index (χ2v) is 4.49. The third kappa shape index (κ3) is 1.16. The fourth-order valence-electron chi connectivity index (χ4n) is 3.02. The Balaban J connectivity index is 1.63. The van der Waals surface area contributed by atoms with E-state index in [4.69, 9.17) is 4.74 Å². The van der Waals surface area contributed by atoms with E-state index in [1.54, 1.807) is 0 Å². The molecule has 5 atom stereocenters. The first-order valence-corrected chi connectivity index (χ1v) is 5.16. The van der Waals surface area contributed by atoms with Gasteiger partial charge >= 0.3 is 0 Å². The monoisotopic (exact) mass is 178 g/mol. The summed E-state index contributed by atoms with van der Waals surface area (Å²) in [5, 5.41) is 0. The van der Waals surface area contributed by atoms with Crippen molar-refractivity contribution in [3.8, 4) is 0 Å². The van der Waals surface area contributed by atoms with Crippen molar-refractivity contribution in [3.63, 3.8) is 0 Å². The summed E-state index contributed by atoms with van der Waals surface area (Å²) in [4.78, 5) is 10.3. The van der Waals surface area contributed by atoms with Crippen molar-refractivity contribution in [3.05, 3.63) is 12.2 Å². The molecule has 1 heterocycles. The summed E-state index contributed by atoms with van der Waals surface area (Å²) in [5.74, 6) is 2.29. The van der Waals surface area contributed by atoms with Crippen molar-refractivity contribution >= 4 is 6.29 Å². The molecule has 3 rings (SSSR count). The summed E-state index contributed by atoms with van der Waals surface area (Å²) >= 11 is 0. The number of fused-ring (bicyclic) bond motifs is 2. The fraction of sp³-hybridized carbons (Fsp3) is 0.727. The van der Waals surface area contributed by atoms with Crippen LogP contribution in [0.3, 0.4) is 0 Å². The van der Waals surface area contributed by atoms with E-state index in [1.807, 2.05) is 0 Å². The number of hydrogen-bond acceptors (Lipinski definition) is 2. The van der Waals surface area contributed by atoms with Crippen LogP contribution in [0.25, 0.3) is 0 Å². The molecule has 13 heavy (non-hydrogen) atoms. The van der Waals surface area contributed by atoms with Crippen molar-refractivity contribution in [2.24, 2.45) is 17.8 Å². The topological polar surface area (TPSA) is 29.6 Å². The van der Waals surface area contributed by atoms with Gasteiger partial charge in [0, 0.05) is 6.42 Å². The van der Waals surface area contributed by atoms with E-state index in [-0.39, 0.29) is 6.10 Å². The molecular formula is C11H14O2. The van der Waals surface area contributed by atoms with Crippen LogP contribution in [0.4, 0.5) is 0 Å². The highest BCUT2D eigenvalue weighted by molar-refractivity contribution is 5.51. The molecule has 1 saturated heterocycles. The number of carbonyl (C=O) groups excluding carboxylic acids is 1. The molecule has 0 amide bonds. The second-order valence-electron chi connectivity index (χ2n) is 4.49. The quantitative estimate of drug-likeness (QED) is 0.373. The van der Waals surface area contributed by atoms with Crippen molar-refractivity contribution < 1.29 is 9.53 Å². The smallest absolute Gasteiger partial charge is 0.122 e. The van der Waals surface area contributed by atoms with Crippen LogP contribution >= 0.6 is 0 Å². The lowest BCUT2D eigenvalue weighted by molar-refractivity contribution is -0.108. The standard InChI is InChI=1S/C11H14O2/c12-4-3-10-11(13-10)9-6-7-1-2-8(9)5-7/h1-2,4,7-11H,3,5-6H2. The highest BCUT2D eigenvalue weighted by Crippen LogP contribution is 2.50. The van der Waals surface area contributed by atoms with Gasteiger partial charge in [0.25, 0.3) is 0 Å². The zero-order valence-corrected chi connectivity index (χ0v) is 7.56. The highest BCUT2D eigenvalue weighted by atomic mass is 16.6. The maximum absolute atomic E-state index is 10.3. The van der Waals surface area contributed by atoms with Crippen LogP contribution in [0.1, 0.15) is 19.3 Å². The molecule has 2 aliphatic carbocycles. The van der Waals surface area contributed by atoms with E-state index < -0.39 is 0 Å². The molecule has 0 radical (unpaired) electrons. The van der Waals surface area contributed by atoms with Gasteiger partial charge in [-0.3, -0.25) is 0 Å². The Morgan fingerprint density at radius 1 is 1.38 bits per heavy atom. The van der Waals surface area contributed by atoms with Gasteiger partial charge in [0.2, 0.25) is 0 Å². The van der Waals surface area contributed by atoms with Crippen molar-refractivity contribution in [1.82, 2.24) is 0 Å². The Bertz CT molecular complexity index is 259. The molecule has 2 bridgehead atoms. The van der Waals surface area contributed by atoms with Gasteiger partial charge in [-0.15, -0.1) is 0 Å². The normalized spacial score (nSPS) is 51.2. The molecule has 0 spiro atoms. The van der Waals surface area contributed by atoms with Gasteiger partial charge in [0.15, 0.2) is 0 Å². The van der Waals surface area contributed by atoms with Crippen LogP contribution in [-0.4, -0.2) is 18.5 Å². The molecule has 1 aliphatic heterocycles. The number of allylic oxidation sites excluding steroid dienone is 2. The molecule has 5 unspecified atom stereocenters. The molecular weight excluding hydrogens is 164 g/mol. The lowest BCUT2D eigenvalue weighted by Crippen LogP contribution is -2.15. The molecule has 2 fully saturated rings. The minimum Gasteiger partial charge on any atom is -0.369 e. The van der Waals surface area contributed by atoms with Crippen LogP contribution in [-0.2, 0) is 9.53 Å². The molecule has 2 heteroatoms. The van der Waals surface area contributed by atoms with Crippen molar-refractivity contribution in [1.29, 1.82) is 0 Å². The highest BCUT2D eigenvalue weighted by Gasteiger charge is 2.51. The molecule has 0 N–H and O–H groups in total.